The van der Waals surface area contributed by atoms with E-state index in [1.54, 1.807) is 18.2 Å². The summed E-state index contributed by atoms with van der Waals surface area (Å²) >= 11 is 0. The number of aromatic nitrogens is 3. The fourth-order valence-corrected chi connectivity index (χ4v) is 3.18. The molecule has 0 radical (unpaired) electrons. The second kappa shape index (κ2) is 7.49. The van der Waals surface area contributed by atoms with Crippen molar-refractivity contribution in [3.05, 3.63) is 60.2 Å². The fraction of sp³-hybridized carbons (Fsp3) is 0.167. The molecule has 3 rings (SSSR count). The summed E-state index contributed by atoms with van der Waals surface area (Å²) in [6, 6.07) is 16.8. The Morgan fingerprint density at radius 2 is 1.77 bits per heavy atom. The zero-order valence-electron chi connectivity index (χ0n) is 14.4. The third-order valence-electron chi connectivity index (χ3n) is 3.44. The number of ether oxygens (including phenoxy) is 1. The minimum Gasteiger partial charge on any atom is -0.467 e. The first-order valence-electron chi connectivity index (χ1n) is 7.82. The van der Waals surface area contributed by atoms with Crippen LogP contribution < -0.4 is 10.1 Å². The van der Waals surface area contributed by atoms with Gasteiger partial charge >= 0.3 is 6.01 Å². The first-order chi connectivity index (χ1) is 12.4. The number of hydrogen-bond acceptors (Lipinski definition) is 7. The Labute approximate surface area is 152 Å². The lowest BCUT2D eigenvalue weighted by molar-refractivity contribution is 0.379. The van der Waals surface area contributed by atoms with Crippen LogP contribution in [0.15, 0.2) is 54.6 Å². The summed E-state index contributed by atoms with van der Waals surface area (Å²) in [6.07, 6.45) is 1.20. The van der Waals surface area contributed by atoms with E-state index in [1.165, 1.54) is 13.4 Å². The predicted octanol–water partition coefficient (Wildman–Crippen LogP) is 2.84. The van der Waals surface area contributed by atoms with Crippen LogP contribution in [0.2, 0.25) is 0 Å². The van der Waals surface area contributed by atoms with Crippen molar-refractivity contribution in [1.82, 2.24) is 15.0 Å². The van der Waals surface area contributed by atoms with Gasteiger partial charge in [0.2, 0.25) is 5.95 Å². The van der Waals surface area contributed by atoms with Gasteiger partial charge in [0.1, 0.15) is 0 Å². The fourth-order valence-electron chi connectivity index (χ4n) is 2.39. The summed E-state index contributed by atoms with van der Waals surface area (Å²) in [4.78, 5) is 12.9. The van der Waals surface area contributed by atoms with Crippen molar-refractivity contribution in [2.75, 3.05) is 18.7 Å². The van der Waals surface area contributed by atoms with E-state index in [-0.39, 0.29) is 11.8 Å². The number of nitrogens with zero attached hydrogens (tertiary/aromatic N) is 3. The van der Waals surface area contributed by atoms with Crippen LogP contribution in [0.3, 0.4) is 0 Å². The van der Waals surface area contributed by atoms with Gasteiger partial charge in [0.15, 0.2) is 15.7 Å². The molecule has 0 aliphatic carbocycles. The third-order valence-corrected chi connectivity index (χ3v) is 4.30. The van der Waals surface area contributed by atoms with Crippen LogP contribution >= 0.6 is 0 Å². The second-order valence-corrected chi connectivity index (χ2v) is 7.87. The maximum absolute atomic E-state index is 11.5. The quantitative estimate of drug-likeness (QED) is 0.713. The summed E-state index contributed by atoms with van der Waals surface area (Å²) < 4.78 is 28.1. The molecule has 26 heavy (non-hydrogen) atoms. The topological polar surface area (TPSA) is 94.1 Å². The molecule has 0 atom stereocenters. The smallest absolute Gasteiger partial charge is 0.321 e. The number of nitrogens with one attached hydrogen (secondary N) is 1. The monoisotopic (exact) mass is 370 g/mol. The Hall–Kier alpha value is -3.00. The Bertz CT molecular complexity index is 1010. The average Bonchev–Trinajstić information content (AvgIpc) is 2.61. The van der Waals surface area contributed by atoms with Gasteiger partial charge in [-0.25, -0.2) is 8.42 Å². The molecular weight excluding hydrogens is 352 g/mol. The largest absolute Gasteiger partial charge is 0.467 e. The zero-order valence-corrected chi connectivity index (χ0v) is 15.2. The molecule has 0 unspecified atom stereocenters. The number of rotatable bonds is 6. The van der Waals surface area contributed by atoms with Gasteiger partial charge < -0.3 is 10.1 Å². The average molecular weight is 370 g/mol. The van der Waals surface area contributed by atoms with Gasteiger partial charge in [0.25, 0.3) is 0 Å². The van der Waals surface area contributed by atoms with Crippen molar-refractivity contribution in [2.24, 2.45) is 0 Å². The maximum atomic E-state index is 11.5. The van der Waals surface area contributed by atoms with Gasteiger partial charge in [-0.05, 0) is 17.7 Å². The van der Waals surface area contributed by atoms with Crippen LogP contribution in [-0.2, 0) is 15.6 Å². The summed E-state index contributed by atoms with van der Waals surface area (Å²) in [5, 5.41) is 3.08. The third kappa shape index (κ3) is 4.76. The van der Waals surface area contributed by atoms with Crippen LogP contribution in [-0.4, -0.2) is 36.7 Å². The van der Waals surface area contributed by atoms with Crippen LogP contribution in [0.5, 0.6) is 6.01 Å². The molecule has 2 aromatic carbocycles. The van der Waals surface area contributed by atoms with Crippen LogP contribution in [0.1, 0.15) is 5.56 Å². The molecule has 3 aromatic rings. The molecule has 0 saturated carbocycles. The molecule has 0 aliphatic heterocycles. The van der Waals surface area contributed by atoms with E-state index in [0.29, 0.717) is 23.0 Å². The maximum Gasteiger partial charge on any atom is 0.321 e. The van der Waals surface area contributed by atoms with Crippen molar-refractivity contribution >= 4 is 21.5 Å². The Morgan fingerprint density at radius 1 is 1.00 bits per heavy atom. The molecule has 1 heterocycles. The highest BCUT2D eigenvalue weighted by molar-refractivity contribution is 7.89. The van der Waals surface area contributed by atoms with E-state index in [2.05, 4.69) is 20.3 Å². The van der Waals surface area contributed by atoms with E-state index >= 15 is 0 Å². The van der Waals surface area contributed by atoms with Crippen LogP contribution in [0, 0.1) is 0 Å². The van der Waals surface area contributed by atoms with E-state index in [9.17, 15) is 8.42 Å². The van der Waals surface area contributed by atoms with Crippen LogP contribution in [0.4, 0.5) is 11.6 Å². The summed E-state index contributed by atoms with van der Waals surface area (Å²) in [6.45, 7) is 0. The van der Waals surface area contributed by atoms with Crippen LogP contribution in [0.25, 0.3) is 11.4 Å². The summed E-state index contributed by atoms with van der Waals surface area (Å²) in [5.74, 6) is 0.762. The first-order valence-corrected chi connectivity index (χ1v) is 9.88. The molecule has 0 amide bonds. The molecule has 0 bridgehead atoms. The van der Waals surface area contributed by atoms with Gasteiger partial charge in [-0.15, -0.1) is 0 Å². The SMILES string of the molecule is COc1nc(Nc2cccc(CS(C)(=O)=O)c2)nc(-c2ccccc2)n1. The number of benzene rings is 2. The van der Waals surface area contributed by atoms with Gasteiger partial charge in [-0.3, -0.25) is 0 Å². The second-order valence-electron chi connectivity index (χ2n) is 5.73. The number of anilines is 2. The lowest BCUT2D eigenvalue weighted by atomic mass is 10.2. The summed E-state index contributed by atoms with van der Waals surface area (Å²) in [7, 11) is -1.62. The molecule has 7 nitrogen and oxygen atoms in total. The molecule has 0 saturated heterocycles. The standard InChI is InChI=1S/C18H18N4O3S/c1-25-18-21-16(14-8-4-3-5-9-14)20-17(22-18)19-15-10-6-7-13(11-15)12-26(2,23)24/h3-11H,12H2,1-2H3,(H,19,20,21,22). The van der Waals surface area contributed by atoms with E-state index < -0.39 is 9.84 Å². The number of sulfone groups is 1. The molecule has 134 valence electrons. The van der Waals surface area contributed by atoms with Crippen molar-refractivity contribution < 1.29 is 13.2 Å². The minimum absolute atomic E-state index is 0.0295. The highest BCUT2D eigenvalue weighted by Gasteiger charge is 2.10. The highest BCUT2D eigenvalue weighted by atomic mass is 32.2. The minimum atomic E-state index is -3.11. The predicted molar refractivity (Wildman–Crippen MR) is 100 cm³/mol. The highest BCUT2D eigenvalue weighted by Crippen LogP contribution is 2.21. The van der Waals surface area contributed by atoms with Crippen molar-refractivity contribution in [1.29, 1.82) is 0 Å². The van der Waals surface area contributed by atoms with E-state index in [4.69, 9.17) is 4.74 Å². The van der Waals surface area contributed by atoms with Gasteiger partial charge in [-0.2, -0.15) is 15.0 Å². The first kappa shape index (κ1) is 17.8. The lowest BCUT2D eigenvalue weighted by Crippen LogP contribution is -2.04. The molecule has 0 spiro atoms. The Kier molecular flexibility index (Phi) is 5.13. The number of hydrogen-bond donors (Lipinski definition) is 1. The number of methoxy groups -OCH3 is 1. The van der Waals surface area contributed by atoms with Crippen molar-refractivity contribution in [3.63, 3.8) is 0 Å². The normalized spacial score (nSPS) is 11.2. The van der Waals surface area contributed by atoms with Crippen molar-refractivity contribution in [2.45, 2.75) is 5.75 Å². The lowest BCUT2D eigenvalue weighted by Gasteiger charge is -2.09. The zero-order chi connectivity index (χ0) is 18.6. The van der Waals surface area contributed by atoms with E-state index in [0.717, 1.165) is 5.56 Å². The summed E-state index contributed by atoms with van der Waals surface area (Å²) in [5.41, 5.74) is 2.20. The van der Waals surface area contributed by atoms with Gasteiger partial charge in [0, 0.05) is 17.5 Å². The van der Waals surface area contributed by atoms with E-state index in [1.807, 2.05) is 36.4 Å². The molecule has 1 aromatic heterocycles. The molecule has 0 fully saturated rings. The molecule has 8 heteroatoms. The van der Waals surface area contributed by atoms with Gasteiger partial charge in [-0.1, -0.05) is 42.5 Å². The molecular formula is C18H18N4O3S. The molecule has 1 N–H and O–H groups in total. The van der Waals surface area contributed by atoms with Gasteiger partial charge in [0.05, 0.1) is 12.9 Å². The Balaban J connectivity index is 1.91. The molecule has 0 aliphatic rings. The van der Waals surface area contributed by atoms with Crippen molar-refractivity contribution in [3.8, 4) is 17.4 Å². The Morgan fingerprint density at radius 3 is 2.46 bits per heavy atom.